The van der Waals surface area contributed by atoms with Crippen LogP contribution < -0.4 is 19.3 Å². The lowest BCUT2D eigenvalue weighted by atomic mass is 10.1. The van der Waals surface area contributed by atoms with Crippen LogP contribution in [-0.4, -0.2) is 148 Å². The third-order valence-electron chi connectivity index (χ3n) is 9.42. The van der Waals surface area contributed by atoms with Crippen LogP contribution in [0.1, 0.15) is 50.5 Å². The summed E-state index contributed by atoms with van der Waals surface area (Å²) in [6.07, 6.45) is -4.63. The smallest absolute Gasteiger partial charge is 0.354 e. The molecule has 0 amide bonds. The molecule has 0 aliphatic heterocycles. The first-order chi connectivity index (χ1) is 35.1. The van der Waals surface area contributed by atoms with E-state index in [9.17, 15) is 58.2 Å². The Kier molecular flexibility index (Phi) is 21.9. The van der Waals surface area contributed by atoms with E-state index in [4.69, 9.17) is 42.6 Å². The number of hydrogen-bond acceptors (Lipinski definition) is 24. The lowest BCUT2D eigenvalue weighted by Crippen LogP contribution is -2.54. The Hall–Kier alpha value is -8.98. The minimum Gasteiger partial charge on any atom is -0.488 e. The molecule has 0 aliphatic carbocycles. The van der Waals surface area contributed by atoms with Gasteiger partial charge in [-0.2, -0.15) is 0 Å². The molecule has 1 heterocycles. The van der Waals surface area contributed by atoms with Crippen molar-refractivity contribution in [1.29, 1.82) is 0 Å². The molecule has 74 heavy (non-hydrogen) atoms. The van der Waals surface area contributed by atoms with Crippen molar-refractivity contribution in [3.8, 4) is 22.8 Å². The fraction of sp³-hybridized carbons (Fsp3) is 0.362. The van der Waals surface area contributed by atoms with E-state index in [-0.39, 0.29) is 35.0 Å². The van der Waals surface area contributed by atoms with E-state index < -0.39 is 126 Å². The summed E-state index contributed by atoms with van der Waals surface area (Å²) in [6.45, 7) is 0.958. The van der Waals surface area contributed by atoms with Crippen LogP contribution >= 0.6 is 0 Å². The van der Waals surface area contributed by atoms with Gasteiger partial charge in [-0.05, 0) is 55.0 Å². The first-order valence-corrected chi connectivity index (χ1v) is 21.6. The molecule has 0 saturated heterocycles. The van der Waals surface area contributed by atoms with Gasteiger partial charge in [0.2, 0.25) is 32.8 Å². The van der Waals surface area contributed by atoms with Crippen molar-refractivity contribution in [1.82, 2.24) is 4.98 Å². The number of rotatable bonds is 29. The SMILES string of the molecule is CC(=O)OCOC(=O)CN(CC(=O)OCOC(C)=O)c1ccc(C)cc1OCCOc1cc(-c2cc3ccc(C(=O)OCOC(C)=O)cc3[nH]2)ccc1N(C(OCOC(C)=O)C(=O)O)C(OCOC(C)=O)C(=O)O. The molecule has 0 radical (unpaired) electrons. The normalized spacial score (nSPS) is 11.4. The molecule has 2 atom stereocenters. The molecule has 27 nitrogen and oxygen atoms in total. The number of anilines is 2. The first-order valence-electron chi connectivity index (χ1n) is 21.6. The number of esters is 8. The Morgan fingerprint density at radius 1 is 0.527 bits per heavy atom. The first kappa shape index (κ1) is 57.6. The third-order valence-corrected chi connectivity index (χ3v) is 9.42. The Balaban J connectivity index is 1.78. The van der Waals surface area contributed by atoms with Crippen LogP contribution in [0.3, 0.4) is 0 Å². The van der Waals surface area contributed by atoms with Crippen molar-refractivity contribution in [2.45, 2.75) is 54.0 Å². The highest BCUT2D eigenvalue weighted by molar-refractivity contribution is 5.96. The minimum atomic E-state index is -2.31. The molecule has 3 aromatic carbocycles. The Morgan fingerprint density at radius 3 is 1.50 bits per heavy atom. The second kappa shape index (κ2) is 28.2. The van der Waals surface area contributed by atoms with Crippen LogP contribution in [0.4, 0.5) is 11.4 Å². The van der Waals surface area contributed by atoms with E-state index >= 15 is 0 Å². The summed E-state index contributed by atoms with van der Waals surface area (Å²) >= 11 is 0. The molecule has 27 heteroatoms. The number of hydrogen-bond donors (Lipinski definition) is 3. The van der Waals surface area contributed by atoms with Crippen molar-refractivity contribution in [3.05, 3.63) is 71.8 Å². The van der Waals surface area contributed by atoms with Crippen LogP contribution in [-0.2, 0) is 90.5 Å². The molecule has 4 rings (SSSR count). The lowest BCUT2D eigenvalue weighted by Gasteiger charge is -2.35. The molecule has 0 bridgehead atoms. The second-order valence-corrected chi connectivity index (χ2v) is 15.0. The van der Waals surface area contributed by atoms with Crippen molar-refractivity contribution >= 4 is 82.0 Å². The van der Waals surface area contributed by atoms with Crippen LogP contribution in [0.25, 0.3) is 22.2 Å². The summed E-state index contributed by atoms with van der Waals surface area (Å²) in [7, 11) is 0. The number of carboxylic acids is 2. The van der Waals surface area contributed by atoms with Crippen LogP contribution in [0.5, 0.6) is 11.5 Å². The predicted octanol–water partition coefficient (Wildman–Crippen LogP) is 2.91. The number of H-pyrrole nitrogens is 1. The average molecular weight is 1040 g/mol. The topological polar surface area (TPSA) is 344 Å². The summed E-state index contributed by atoms with van der Waals surface area (Å²) in [5, 5.41) is 21.5. The molecule has 0 spiro atoms. The number of benzene rings is 3. The molecule has 0 aliphatic rings. The van der Waals surface area contributed by atoms with E-state index in [2.05, 4.69) is 19.2 Å². The monoisotopic (exact) mass is 1040 g/mol. The number of aromatic nitrogens is 1. The lowest BCUT2D eigenvalue weighted by molar-refractivity contribution is -0.183. The maximum absolute atomic E-state index is 12.9. The Morgan fingerprint density at radius 2 is 1.00 bits per heavy atom. The van der Waals surface area contributed by atoms with E-state index in [1.165, 1.54) is 41.3 Å². The van der Waals surface area contributed by atoms with Gasteiger partial charge in [-0.25, -0.2) is 14.4 Å². The van der Waals surface area contributed by atoms with Gasteiger partial charge in [0.25, 0.3) is 0 Å². The van der Waals surface area contributed by atoms with Gasteiger partial charge in [0.1, 0.15) is 37.8 Å². The van der Waals surface area contributed by atoms with Gasteiger partial charge in [0.05, 0.1) is 16.9 Å². The molecule has 0 fully saturated rings. The quantitative estimate of drug-likeness (QED) is 0.0304. The summed E-state index contributed by atoms with van der Waals surface area (Å²) in [4.78, 5) is 126. The van der Waals surface area contributed by atoms with Gasteiger partial charge >= 0.3 is 59.7 Å². The largest absolute Gasteiger partial charge is 0.488 e. The van der Waals surface area contributed by atoms with Crippen molar-refractivity contribution in [2.24, 2.45) is 0 Å². The van der Waals surface area contributed by atoms with Gasteiger partial charge in [-0.15, -0.1) is 0 Å². The van der Waals surface area contributed by atoms with E-state index in [0.717, 1.165) is 34.6 Å². The summed E-state index contributed by atoms with van der Waals surface area (Å²) < 4.78 is 61.7. The number of fused-ring (bicyclic) bond motifs is 1. The Labute approximate surface area is 419 Å². The second-order valence-electron chi connectivity index (χ2n) is 15.0. The summed E-state index contributed by atoms with van der Waals surface area (Å²) in [6, 6.07) is 14.9. The summed E-state index contributed by atoms with van der Waals surface area (Å²) in [5.41, 5.74) is 1.67. The van der Waals surface area contributed by atoms with Crippen molar-refractivity contribution in [2.75, 3.05) is 70.1 Å². The van der Waals surface area contributed by atoms with Crippen LogP contribution in [0, 0.1) is 6.92 Å². The predicted molar refractivity (Wildman–Crippen MR) is 246 cm³/mol. The molecule has 2 unspecified atom stereocenters. The zero-order chi connectivity index (χ0) is 54.5. The van der Waals surface area contributed by atoms with Gasteiger partial charge in [0.15, 0.2) is 13.6 Å². The number of carbonyl (C=O) groups excluding carboxylic acids is 8. The fourth-order valence-electron chi connectivity index (χ4n) is 6.24. The minimum absolute atomic E-state index is 0.0621. The van der Waals surface area contributed by atoms with Crippen molar-refractivity contribution < 1.29 is 115 Å². The zero-order valence-electron chi connectivity index (χ0n) is 40.6. The van der Waals surface area contributed by atoms with Gasteiger partial charge in [-0.3, -0.25) is 38.5 Å². The maximum atomic E-state index is 12.9. The number of nitrogens with one attached hydrogen (secondary N) is 1. The number of aliphatic carboxylic acids is 2. The van der Waals surface area contributed by atoms with Gasteiger partial charge in [0, 0.05) is 56.8 Å². The zero-order valence-corrected chi connectivity index (χ0v) is 40.6. The Bertz CT molecular complexity index is 2630. The molecule has 0 saturated carbocycles. The molecule has 3 N–H and O–H groups in total. The number of carbonyl (C=O) groups is 10. The molecule has 398 valence electrons. The van der Waals surface area contributed by atoms with Crippen LogP contribution in [0.2, 0.25) is 0 Å². The molecular weight excluding hydrogens is 991 g/mol. The van der Waals surface area contributed by atoms with E-state index in [0.29, 0.717) is 32.6 Å². The van der Waals surface area contributed by atoms with Crippen LogP contribution in [0.15, 0.2) is 60.7 Å². The highest BCUT2D eigenvalue weighted by atomic mass is 16.7. The molecule has 4 aromatic rings. The number of nitrogens with zero attached hydrogens (tertiary/aromatic N) is 2. The number of carboxylic acid groups (broad SMARTS) is 2. The van der Waals surface area contributed by atoms with E-state index in [1.807, 2.05) is 0 Å². The average Bonchev–Trinajstić information content (AvgIpc) is 3.75. The number of aryl methyl sites for hydroxylation is 1. The highest BCUT2D eigenvalue weighted by Crippen LogP contribution is 2.38. The third kappa shape index (κ3) is 18.3. The summed E-state index contributed by atoms with van der Waals surface area (Å²) in [5.74, 6) is -10.4. The molecular formula is C47H51N3O24. The van der Waals surface area contributed by atoms with E-state index in [1.54, 1.807) is 31.2 Å². The van der Waals surface area contributed by atoms with Gasteiger partial charge < -0.3 is 76.9 Å². The van der Waals surface area contributed by atoms with Crippen molar-refractivity contribution in [3.63, 3.8) is 0 Å². The fourth-order valence-corrected chi connectivity index (χ4v) is 6.24. The number of aromatic amines is 1. The number of ether oxygens (including phenoxy) is 12. The maximum Gasteiger partial charge on any atom is 0.354 e. The highest BCUT2D eigenvalue weighted by Gasteiger charge is 2.40. The standard InChI is InChI=1S/C47H51N3O24/c1-26-7-11-37(49(19-41(56)70-21-65-27(2)51)20-42(57)71-22-66-28(3)52)39(15-26)63-13-14-64-40-18-33(35-16-32-8-9-34(17-36(32)48-35)47(62)74-25-69-31(6)55)10-12-38(40)50(43(45(58)59)72-23-67-29(4)53)44(46(60)61)73-24-68-30(5)54/h7-12,15-18,43-44,48H,13-14,19-25H2,1-6H3,(H,58,59)(H,60,61). The van der Waals surface area contributed by atoms with Gasteiger partial charge in [-0.1, -0.05) is 18.2 Å². The molecule has 1 aromatic heterocycles.